The molecule has 126 valence electrons. The fourth-order valence-corrected chi connectivity index (χ4v) is 2.31. The van der Waals surface area contributed by atoms with Crippen LogP contribution in [0.25, 0.3) is 0 Å². The molecule has 0 aliphatic rings. The predicted molar refractivity (Wildman–Crippen MR) is 84.8 cm³/mol. The fraction of sp³-hybridized carbons (Fsp3) is 0.222. The number of aldehydes is 1. The van der Waals surface area contributed by atoms with Crippen molar-refractivity contribution in [3.63, 3.8) is 0 Å². The molecule has 0 aromatic heterocycles. The Morgan fingerprint density at radius 3 is 2.46 bits per heavy atom. The highest BCUT2D eigenvalue weighted by Gasteiger charge is 2.27. The largest absolute Gasteiger partial charge is 0.394 e. The lowest BCUT2D eigenvalue weighted by Crippen LogP contribution is -2.50. The van der Waals surface area contributed by atoms with Gasteiger partial charge in [-0.3, -0.25) is 9.59 Å². The van der Waals surface area contributed by atoms with Crippen LogP contribution in [0, 0.1) is 11.6 Å². The number of aliphatic hydroxyl groups is 1. The van der Waals surface area contributed by atoms with Crippen LogP contribution in [0.4, 0.5) is 8.78 Å². The zero-order chi connectivity index (χ0) is 17.7. The number of rotatable bonds is 6. The Morgan fingerprint density at radius 2 is 1.88 bits per heavy atom. The van der Waals surface area contributed by atoms with Crippen LogP contribution in [0.15, 0.2) is 42.5 Å². The average Bonchev–Trinajstić information content (AvgIpc) is 2.57. The quantitative estimate of drug-likeness (QED) is 0.798. The van der Waals surface area contributed by atoms with Crippen LogP contribution in [-0.2, 0) is 6.42 Å². The highest BCUT2D eigenvalue weighted by atomic mass is 19.1. The maximum atomic E-state index is 13.3. The number of carbonyl (C=O) groups is 2. The van der Waals surface area contributed by atoms with Gasteiger partial charge < -0.3 is 10.4 Å². The van der Waals surface area contributed by atoms with E-state index in [9.17, 15) is 23.5 Å². The number of hydrogen-bond donors (Lipinski definition) is 2. The van der Waals surface area contributed by atoms with E-state index in [1.54, 1.807) is 19.1 Å². The lowest BCUT2D eigenvalue weighted by atomic mass is 9.93. The van der Waals surface area contributed by atoms with Crippen molar-refractivity contribution >= 4 is 12.2 Å². The second-order valence-corrected chi connectivity index (χ2v) is 5.83. The van der Waals surface area contributed by atoms with Crippen LogP contribution >= 0.6 is 0 Å². The van der Waals surface area contributed by atoms with Gasteiger partial charge in [-0.1, -0.05) is 12.1 Å². The Labute approximate surface area is 138 Å². The van der Waals surface area contributed by atoms with Crippen LogP contribution in [-0.4, -0.2) is 29.4 Å². The number of nitrogens with one attached hydrogen (secondary N) is 1. The predicted octanol–water partition coefficient (Wildman–Crippen LogP) is 2.50. The van der Waals surface area contributed by atoms with E-state index in [1.807, 2.05) is 0 Å². The molecule has 2 rings (SSSR count). The number of aliphatic hydroxyl groups excluding tert-OH is 1. The SMILES string of the molecule is CC(CO)(Cc1ccc(F)cc1)NC(=O)c1ccc(F)c(C=O)c1. The van der Waals surface area contributed by atoms with Crippen molar-refractivity contribution in [2.24, 2.45) is 0 Å². The number of hydrogen-bond acceptors (Lipinski definition) is 3. The molecule has 4 nitrogen and oxygen atoms in total. The van der Waals surface area contributed by atoms with Crippen molar-refractivity contribution in [2.45, 2.75) is 18.9 Å². The molecule has 0 heterocycles. The van der Waals surface area contributed by atoms with Crippen LogP contribution in [0.2, 0.25) is 0 Å². The summed E-state index contributed by atoms with van der Waals surface area (Å²) in [6.07, 6.45) is 0.604. The topological polar surface area (TPSA) is 66.4 Å². The molecule has 0 saturated carbocycles. The molecule has 0 saturated heterocycles. The van der Waals surface area contributed by atoms with Crippen molar-refractivity contribution in [1.82, 2.24) is 5.32 Å². The maximum absolute atomic E-state index is 13.3. The van der Waals surface area contributed by atoms with Gasteiger partial charge in [-0.25, -0.2) is 8.78 Å². The van der Waals surface area contributed by atoms with Gasteiger partial charge in [0.2, 0.25) is 0 Å². The molecule has 6 heteroatoms. The van der Waals surface area contributed by atoms with Gasteiger partial charge in [0, 0.05) is 5.56 Å². The lowest BCUT2D eigenvalue weighted by Gasteiger charge is -2.29. The van der Waals surface area contributed by atoms with E-state index in [0.717, 1.165) is 17.7 Å². The molecule has 0 bridgehead atoms. The Morgan fingerprint density at radius 1 is 1.21 bits per heavy atom. The minimum absolute atomic E-state index is 0.109. The fourth-order valence-electron chi connectivity index (χ4n) is 2.31. The first-order chi connectivity index (χ1) is 11.4. The van der Waals surface area contributed by atoms with Gasteiger partial charge >= 0.3 is 0 Å². The summed E-state index contributed by atoms with van der Waals surface area (Å²) in [4.78, 5) is 23.1. The van der Waals surface area contributed by atoms with Crippen LogP contribution < -0.4 is 5.32 Å². The Kier molecular flexibility index (Phi) is 5.41. The second kappa shape index (κ2) is 7.31. The maximum Gasteiger partial charge on any atom is 0.251 e. The van der Waals surface area contributed by atoms with Gasteiger partial charge in [0.1, 0.15) is 11.6 Å². The molecule has 24 heavy (non-hydrogen) atoms. The van der Waals surface area contributed by atoms with E-state index < -0.39 is 17.3 Å². The summed E-state index contributed by atoms with van der Waals surface area (Å²) in [5.41, 5.74) is -0.366. The summed E-state index contributed by atoms with van der Waals surface area (Å²) in [5, 5.41) is 12.3. The van der Waals surface area contributed by atoms with Gasteiger partial charge in [0.05, 0.1) is 17.7 Å². The molecule has 1 atom stereocenters. The van der Waals surface area contributed by atoms with E-state index in [4.69, 9.17) is 0 Å². The summed E-state index contributed by atoms with van der Waals surface area (Å²) < 4.78 is 26.3. The monoisotopic (exact) mass is 333 g/mol. The molecule has 0 spiro atoms. The van der Waals surface area contributed by atoms with Gasteiger partial charge in [-0.15, -0.1) is 0 Å². The zero-order valence-corrected chi connectivity index (χ0v) is 13.1. The van der Waals surface area contributed by atoms with E-state index in [0.29, 0.717) is 6.29 Å². The summed E-state index contributed by atoms with van der Waals surface area (Å²) in [5.74, 6) is -1.63. The summed E-state index contributed by atoms with van der Waals surface area (Å²) in [6, 6.07) is 9.17. The van der Waals surface area contributed by atoms with Crippen LogP contribution in [0.1, 0.15) is 33.2 Å². The third kappa shape index (κ3) is 4.23. The molecular formula is C18H17F2NO3. The Hall–Kier alpha value is -2.60. The summed E-state index contributed by atoms with van der Waals surface area (Å²) >= 11 is 0. The van der Waals surface area contributed by atoms with E-state index in [1.165, 1.54) is 18.2 Å². The first-order valence-electron chi connectivity index (χ1n) is 7.29. The van der Waals surface area contributed by atoms with Gasteiger partial charge in [-0.2, -0.15) is 0 Å². The molecule has 1 amide bonds. The number of halogens is 2. The molecule has 0 aliphatic carbocycles. The smallest absolute Gasteiger partial charge is 0.251 e. The normalized spacial score (nSPS) is 13.2. The summed E-state index contributed by atoms with van der Waals surface area (Å²) in [7, 11) is 0. The van der Waals surface area contributed by atoms with E-state index >= 15 is 0 Å². The van der Waals surface area contributed by atoms with E-state index in [-0.39, 0.29) is 30.0 Å². The lowest BCUT2D eigenvalue weighted by molar-refractivity contribution is 0.0852. The minimum Gasteiger partial charge on any atom is -0.394 e. The molecule has 2 aromatic carbocycles. The molecule has 1 unspecified atom stereocenters. The molecule has 0 fully saturated rings. The first kappa shape index (κ1) is 17.7. The minimum atomic E-state index is -0.995. The molecule has 2 aromatic rings. The van der Waals surface area contributed by atoms with E-state index in [2.05, 4.69) is 5.32 Å². The Balaban J connectivity index is 2.17. The molecule has 0 radical (unpaired) electrons. The summed E-state index contributed by atoms with van der Waals surface area (Å²) in [6.45, 7) is 1.29. The first-order valence-corrected chi connectivity index (χ1v) is 7.29. The molecule has 0 aliphatic heterocycles. The Bertz CT molecular complexity index is 746. The third-order valence-corrected chi connectivity index (χ3v) is 3.66. The van der Waals surface area contributed by atoms with Crippen molar-refractivity contribution in [1.29, 1.82) is 0 Å². The van der Waals surface area contributed by atoms with Crippen LogP contribution in [0.5, 0.6) is 0 Å². The second-order valence-electron chi connectivity index (χ2n) is 5.83. The van der Waals surface area contributed by atoms with Gasteiger partial charge in [-0.05, 0) is 49.2 Å². The van der Waals surface area contributed by atoms with Gasteiger partial charge in [0.15, 0.2) is 6.29 Å². The standard InChI is InChI=1S/C18H17F2NO3/c1-18(11-23,9-12-2-5-15(19)6-3-12)21-17(24)13-4-7-16(20)14(8-13)10-22/h2-8,10,23H,9,11H2,1H3,(H,21,24). The number of amides is 1. The third-order valence-electron chi connectivity index (χ3n) is 3.66. The molecular weight excluding hydrogens is 316 g/mol. The van der Waals surface area contributed by atoms with Crippen molar-refractivity contribution < 1.29 is 23.5 Å². The highest BCUT2D eigenvalue weighted by molar-refractivity contribution is 5.96. The van der Waals surface area contributed by atoms with Crippen molar-refractivity contribution in [3.05, 3.63) is 70.8 Å². The highest BCUT2D eigenvalue weighted by Crippen LogP contribution is 2.16. The molecule has 2 N–H and O–H groups in total. The average molecular weight is 333 g/mol. The zero-order valence-electron chi connectivity index (χ0n) is 13.1. The van der Waals surface area contributed by atoms with Crippen molar-refractivity contribution in [3.8, 4) is 0 Å². The van der Waals surface area contributed by atoms with Gasteiger partial charge in [0.25, 0.3) is 5.91 Å². The van der Waals surface area contributed by atoms with Crippen LogP contribution in [0.3, 0.4) is 0 Å². The number of carbonyl (C=O) groups excluding carboxylic acids is 2. The number of benzene rings is 2. The van der Waals surface area contributed by atoms with Crippen molar-refractivity contribution in [2.75, 3.05) is 6.61 Å².